The molecule has 0 aliphatic carbocycles. The Labute approximate surface area is 126 Å². The highest BCUT2D eigenvalue weighted by atomic mass is 32.2. The molecule has 5 N–H and O–H groups in total. The summed E-state index contributed by atoms with van der Waals surface area (Å²) in [4.78, 5) is 23.7. The zero-order valence-electron chi connectivity index (χ0n) is 11.2. The van der Waals surface area contributed by atoms with E-state index < -0.39 is 24.0 Å². The second-order valence-electron chi connectivity index (χ2n) is 4.01. The molecule has 0 saturated heterocycles. The number of hydrogen-bond acceptors (Lipinski definition) is 6. The number of hydrogen-bond donors (Lipinski definition) is 4. The van der Waals surface area contributed by atoms with Gasteiger partial charge in [-0.1, -0.05) is 13.0 Å². The van der Waals surface area contributed by atoms with Crippen molar-refractivity contribution in [3.63, 3.8) is 0 Å². The van der Waals surface area contributed by atoms with E-state index in [0.29, 0.717) is 11.3 Å². The van der Waals surface area contributed by atoms with Crippen LogP contribution in [0.4, 0.5) is 0 Å². The molecule has 0 spiro atoms. The second kappa shape index (κ2) is 8.96. The number of rotatable bonds is 7. The van der Waals surface area contributed by atoms with E-state index in [1.54, 1.807) is 29.3 Å². The number of thiophene rings is 1. The number of aliphatic hydroxyl groups excluding tert-OH is 1. The Bertz CT molecular complexity index is 426. The molecule has 0 fully saturated rings. The average molecular weight is 317 g/mol. The van der Waals surface area contributed by atoms with Crippen LogP contribution in [-0.2, 0) is 4.79 Å². The normalized spacial score (nSPS) is 13.6. The molecule has 1 unspecified atom stereocenters. The van der Waals surface area contributed by atoms with Crippen molar-refractivity contribution in [2.75, 3.05) is 11.5 Å². The van der Waals surface area contributed by atoms with Gasteiger partial charge in [0.05, 0.1) is 4.88 Å². The van der Waals surface area contributed by atoms with Gasteiger partial charge in [0.1, 0.15) is 6.10 Å². The zero-order valence-corrected chi connectivity index (χ0v) is 12.8. The summed E-state index contributed by atoms with van der Waals surface area (Å²) in [7, 11) is 0. The van der Waals surface area contributed by atoms with Crippen LogP contribution < -0.4 is 16.6 Å². The SMILES string of the molecule is CCSCC[C@@H](N)C(O)C(=O)NNC(=O)c1cccs1. The van der Waals surface area contributed by atoms with Crippen molar-refractivity contribution >= 4 is 34.9 Å². The van der Waals surface area contributed by atoms with Crippen LogP contribution in [0.15, 0.2) is 17.5 Å². The molecule has 6 nitrogen and oxygen atoms in total. The molecular formula is C12H19N3O3S2. The van der Waals surface area contributed by atoms with Crippen molar-refractivity contribution in [1.29, 1.82) is 0 Å². The van der Waals surface area contributed by atoms with Crippen LogP contribution in [0.1, 0.15) is 23.0 Å². The third-order valence-corrected chi connectivity index (χ3v) is 4.32. The lowest BCUT2D eigenvalue weighted by atomic mass is 10.1. The number of thioether (sulfide) groups is 1. The second-order valence-corrected chi connectivity index (χ2v) is 6.36. The Morgan fingerprint density at radius 1 is 1.50 bits per heavy atom. The van der Waals surface area contributed by atoms with Gasteiger partial charge in [-0.2, -0.15) is 11.8 Å². The van der Waals surface area contributed by atoms with Crippen LogP contribution in [0.25, 0.3) is 0 Å². The minimum atomic E-state index is -1.34. The fourth-order valence-corrected chi connectivity index (χ4v) is 2.72. The monoisotopic (exact) mass is 317 g/mol. The van der Waals surface area contributed by atoms with E-state index in [0.717, 1.165) is 11.5 Å². The molecule has 2 atom stereocenters. The first-order valence-electron chi connectivity index (χ1n) is 6.21. The Morgan fingerprint density at radius 2 is 2.25 bits per heavy atom. The first-order chi connectivity index (χ1) is 9.56. The molecule has 0 aromatic carbocycles. The number of nitrogens with two attached hydrogens (primary N) is 1. The van der Waals surface area contributed by atoms with Crippen molar-refractivity contribution in [2.45, 2.75) is 25.5 Å². The largest absolute Gasteiger partial charge is 0.382 e. The van der Waals surface area contributed by atoms with Crippen molar-refractivity contribution < 1.29 is 14.7 Å². The summed E-state index contributed by atoms with van der Waals surface area (Å²) in [6.07, 6.45) is -0.803. The van der Waals surface area contributed by atoms with Crippen LogP contribution in [0, 0.1) is 0 Å². The minimum absolute atomic E-state index is 0.421. The van der Waals surface area contributed by atoms with Gasteiger partial charge in [-0.15, -0.1) is 11.3 Å². The van der Waals surface area contributed by atoms with Crippen molar-refractivity contribution in [2.24, 2.45) is 5.73 Å². The van der Waals surface area contributed by atoms with E-state index in [2.05, 4.69) is 10.9 Å². The summed E-state index contributed by atoms with van der Waals surface area (Å²) in [5.41, 5.74) is 10.1. The lowest BCUT2D eigenvalue weighted by Crippen LogP contribution is -2.52. The summed E-state index contributed by atoms with van der Waals surface area (Å²) in [6.45, 7) is 2.03. The Morgan fingerprint density at radius 3 is 2.85 bits per heavy atom. The summed E-state index contributed by atoms with van der Waals surface area (Å²) in [5, 5.41) is 11.5. The van der Waals surface area contributed by atoms with Crippen LogP contribution in [-0.4, -0.2) is 40.6 Å². The third kappa shape index (κ3) is 5.49. The van der Waals surface area contributed by atoms with Gasteiger partial charge in [0.15, 0.2) is 0 Å². The molecule has 2 amide bonds. The summed E-state index contributed by atoms with van der Waals surface area (Å²) in [5.74, 6) is 0.620. The third-order valence-electron chi connectivity index (χ3n) is 2.52. The van der Waals surface area contributed by atoms with E-state index in [4.69, 9.17) is 5.73 Å². The van der Waals surface area contributed by atoms with E-state index in [1.165, 1.54) is 11.3 Å². The van der Waals surface area contributed by atoms with Gasteiger partial charge in [0.25, 0.3) is 11.8 Å². The molecule has 0 bridgehead atoms. The average Bonchev–Trinajstić information content (AvgIpc) is 2.97. The summed E-state index contributed by atoms with van der Waals surface area (Å²) in [6, 6.07) is 2.72. The summed E-state index contributed by atoms with van der Waals surface area (Å²) < 4.78 is 0. The molecule has 1 aromatic heterocycles. The van der Waals surface area contributed by atoms with E-state index in [9.17, 15) is 14.7 Å². The lowest BCUT2D eigenvalue weighted by Gasteiger charge is -2.18. The predicted molar refractivity (Wildman–Crippen MR) is 81.5 cm³/mol. The molecule has 0 aliphatic rings. The number of aliphatic hydroxyl groups is 1. The fraction of sp³-hybridized carbons (Fsp3) is 0.500. The van der Waals surface area contributed by atoms with Crippen LogP contribution >= 0.6 is 23.1 Å². The fourth-order valence-electron chi connectivity index (χ4n) is 1.38. The number of hydrazine groups is 1. The van der Waals surface area contributed by atoms with Gasteiger partial charge in [0, 0.05) is 6.04 Å². The van der Waals surface area contributed by atoms with Crippen molar-refractivity contribution in [3.05, 3.63) is 22.4 Å². The topological polar surface area (TPSA) is 104 Å². The first kappa shape index (κ1) is 17.0. The van der Waals surface area contributed by atoms with E-state index in [-0.39, 0.29) is 0 Å². The van der Waals surface area contributed by atoms with Gasteiger partial charge < -0.3 is 10.8 Å². The molecule has 0 saturated carbocycles. The number of nitrogens with one attached hydrogen (secondary N) is 2. The quantitative estimate of drug-likeness (QED) is 0.429. The maximum absolute atomic E-state index is 11.6. The molecular weight excluding hydrogens is 298 g/mol. The predicted octanol–water partition coefficient (Wildman–Crippen LogP) is 0.341. The highest BCUT2D eigenvalue weighted by Crippen LogP contribution is 2.07. The highest BCUT2D eigenvalue weighted by Gasteiger charge is 2.23. The van der Waals surface area contributed by atoms with Gasteiger partial charge in [-0.05, 0) is 29.4 Å². The molecule has 1 heterocycles. The number of amides is 2. The number of carbonyl (C=O) groups is 2. The van der Waals surface area contributed by atoms with Crippen LogP contribution in [0.5, 0.6) is 0 Å². The Balaban J connectivity index is 2.32. The minimum Gasteiger partial charge on any atom is -0.382 e. The van der Waals surface area contributed by atoms with E-state index in [1.807, 2.05) is 6.92 Å². The van der Waals surface area contributed by atoms with Crippen LogP contribution in [0.3, 0.4) is 0 Å². The number of carbonyl (C=O) groups excluding carboxylic acids is 2. The summed E-state index contributed by atoms with van der Waals surface area (Å²) >= 11 is 2.95. The molecule has 0 radical (unpaired) electrons. The molecule has 20 heavy (non-hydrogen) atoms. The van der Waals surface area contributed by atoms with Crippen molar-refractivity contribution in [1.82, 2.24) is 10.9 Å². The molecule has 1 aromatic rings. The van der Waals surface area contributed by atoms with Gasteiger partial charge in [-0.25, -0.2) is 0 Å². The van der Waals surface area contributed by atoms with Gasteiger partial charge in [0.2, 0.25) is 0 Å². The Kier molecular flexibility index (Phi) is 7.60. The van der Waals surface area contributed by atoms with E-state index >= 15 is 0 Å². The molecule has 8 heteroatoms. The maximum atomic E-state index is 11.6. The standard InChI is InChI=1S/C12H19N3O3S2/c1-2-19-7-5-8(13)10(16)12(18)15-14-11(17)9-4-3-6-20-9/h3-4,6,8,10,16H,2,5,7,13H2,1H3,(H,14,17)(H,15,18)/t8-,10?/m1/s1. The van der Waals surface area contributed by atoms with Gasteiger partial charge in [-0.3, -0.25) is 20.4 Å². The first-order valence-corrected chi connectivity index (χ1v) is 8.24. The highest BCUT2D eigenvalue weighted by molar-refractivity contribution is 7.99. The van der Waals surface area contributed by atoms with Crippen LogP contribution in [0.2, 0.25) is 0 Å². The Hall–Kier alpha value is -1.09. The molecule has 1 rings (SSSR count). The molecule has 112 valence electrons. The lowest BCUT2D eigenvalue weighted by molar-refractivity contribution is -0.131. The smallest absolute Gasteiger partial charge is 0.279 e. The molecule has 0 aliphatic heterocycles. The van der Waals surface area contributed by atoms with Gasteiger partial charge >= 0.3 is 0 Å². The zero-order chi connectivity index (χ0) is 15.0. The van der Waals surface area contributed by atoms with Crippen molar-refractivity contribution in [3.8, 4) is 0 Å². The maximum Gasteiger partial charge on any atom is 0.279 e.